The van der Waals surface area contributed by atoms with Gasteiger partial charge >= 0.3 is 5.97 Å². The minimum absolute atomic E-state index is 0.186. The maximum Gasteiger partial charge on any atom is 0.336 e. The molecule has 0 bridgehead atoms. The smallest absolute Gasteiger partial charge is 0.336 e. The summed E-state index contributed by atoms with van der Waals surface area (Å²) >= 11 is 5.44. The zero-order valence-electron chi connectivity index (χ0n) is 7.75. The molecular formula is C9H5ClF2N2O2. The lowest BCUT2D eigenvalue weighted by Crippen LogP contribution is -2.10. The molecule has 1 aromatic rings. The molecule has 7 heteroatoms. The zero-order valence-corrected chi connectivity index (χ0v) is 8.50. The largest absolute Gasteiger partial charge is 0.478 e. The molecule has 0 radical (unpaired) electrons. The molecule has 0 atom stereocenters. The van der Waals surface area contributed by atoms with Gasteiger partial charge in [-0.15, -0.1) is 11.6 Å². The molecule has 0 fully saturated rings. The normalized spacial score (nSPS) is 10.2. The molecule has 1 aromatic heterocycles. The first kappa shape index (κ1) is 12.3. The van der Waals surface area contributed by atoms with E-state index in [1.807, 2.05) is 0 Å². The number of hydrogen-bond donors (Lipinski definition) is 1. The number of carboxylic acids is 1. The van der Waals surface area contributed by atoms with E-state index in [4.69, 9.17) is 22.0 Å². The van der Waals surface area contributed by atoms with Crippen molar-refractivity contribution in [3.63, 3.8) is 0 Å². The van der Waals surface area contributed by atoms with Gasteiger partial charge in [0.25, 0.3) is 6.43 Å². The molecule has 1 rings (SSSR count). The Morgan fingerprint density at radius 2 is 2.31 bits per heavy atom. The van der Waals surface area contributed by atoms with Crippen molar-refractivity contribution in [3.8, 4) is 6.07 Å². The second-order valence-electron chi connectivity index (χ2n) is 2.77. The van der Waals surface area contributed by atoms with Crippen LogP contribution in [0, 0.1) is 11.3 Å². The van der Waals surface area contributed by atoms with E-state index in [9.17, 15) is 13.6 Å². The first-order valence-corrected chi connectivity index (χ1v) is 4.55. The van der Waals surface area contributed by atoms with Crippen molar-refractivity contribution in [2.24, 2.45) is 0 Å². The van der Waals surface area contributed by atoms with Crippen LogP contribution in [0.2, 0.25) is 0 Å². The van der Waals surface area contributed by atoms with Crippen LogP contribution in [-0.2, 0) is 5.88 Å². The molecule has 0 aliphatic carbocycles. The quantitative estimate of drug-likeness (QED) is 0.831. The van der Waals surface area contributed by atoms with Crippen LogP contribution in [0.4, 0.5) is 8.78 Å². The van der Waals surface area contributed by atoms with Gasteiger partial charge in [-0.2, -0.15) is 5.26 Å². The first-order valence-electron chi connectivity index (χ1n) is 4.02. The molecule has 1 N–H and O–H groups in total. The maximum atomic E-state index is 12.5. The predicted molar refractivity (Wildman–Crippen MR) is 50.4 cm³/mol. The molecule has 0 aliphatic rings. The number of rotatable bonds is 3. The fourth-order valence-corrected chi connectivity index (χ4v) is 1.47. The standard InChI is InChI=1S/C9H5ClF2N2O2/c10-1-4-6(2-13)14-3-5(8(11)12)7(4)9(15)16/h3,8H,1H2,(H,15,16). The summed E-state index contributed by atoms with van der Waals surface area (Å²) in [5, 5.41) is 17.5. The highest BCUT2D eigenvalue weighted by molar-refractivity contribution is 6.17. The van der Waals surface area contributed by atoms with E-state index in [1.165, 1.54) is 0 Å². The average molecular weight is 247 g/mol. The SMILES string of the molecule is N#Cc1ncc(C(F)F)c(C(=O)O)c1CCl. The van der Waals surface area contributed by atoms with Gasteiger partial charge in [-0.05, 0) is 0 Å². The predicted octanol–water partition coefficient (Wildman–Crippen LogP) is 2.33. The molecule has 0 saturated carbocycles. The number of nitriles is 1. The van der Waals surface area contributed by atoms with E-state index in [2.05, 4.69) is 4.98 Å². The second kappa shape index (κ2) is 4.86. The molecule has 0 aromatic carbocycles. The third-order valence-electron chi connectivity index (χ3n) is 1.90. The van der Waals surface area contributed by atoms with Gasteiger partial charge in [0.1, 0.15) is 11.8 Å². The van der Waals surface area contributed by atoms with Crippen molar-refractivity contribution in [2.45, 2.75) is 12.3 Å². The Kier molecular flexibility index (Phi) is 3.74. The molecule has 0 amide bonds. The Morgan fingerprint density at radius 1 is 1.69 bits per heavy atom. The van der Waals surface area contributed by atoms with Crippen LogP contribution in [0.1, 0.15) is 33.6 Å². The second-order valence-corrected chi connectivity index (χ2v) is 3.03. The highest BCUT2D eigenvalue weighted by Gasteiger charge is 2.24. The van der Waals surface area contributed by atoms with Crippen molar-refractivity contribution in [1.29, 1.82) is 5.26 Å². The van der Waals surface area contributed by atoms with Crippen molar-refractivity contribution in [2.75, 3.05) is 0 Å². The lowest BCUT2D eigenvalue weighted by Gasteiger charge is -2.09. The molecule has 0 unspecified atom stereocenters. The van der Waals surface area contributed by atoms with E-state index in [0.29, 0.717) is 6.20 Å². The molecule has 16 heavy (non-hydrogen) atoms. The summed E-state index contributed by atoms with van der Waals surface area (Å²) < 4.78 is 25.0. The third kappa shape index (κ3) is 2.09. The van der Waals surface area contributed by atoms with Gasteiger partial charge in [-0.1, -0.05) is 0 Å². The van der Waals surface area contributed by atoms with Gasteiger partial charge in [0.15, 0.2) is 0 Å². The molecule has 4 nitrogen and oxygen atoms in total. The highest BCUT2D eigenvalue weighted by Crippen LogP contribution is 2.27. The van der Waals surface area contributed by atoms with E-state index in [-0.39, 0.29) is 17.1 Å². The summed E-state index contributed by atoms with van der Waals surface area (Å²) in [6.45, 7) is 0. The summed E-state index contributed by atoms with van der Waals surface area (Å²) in [5.41, 5.74) is -1.81. The van der Waals surface area contributed by atoms with Crippen molar-refractivity contribution in [1.82, 2.24) is 4.98 Å². The van der Waals surface area contributed by atoms with E-state index in [0.717, 1.165) is 0 Å². The van der Waals surface area contributed by atoms with Crippen LogP contribution >= 0.6 is 11.6 Å². The van der Waals surface area contributed by atoms with Crippen LogP contribution in [-0.4, -0.2) is 16.1 Å². The summed E-state index contributed by atoms with van der Waals surface area (Å²) in [4.78, 5) is 14.3. The lowest BCUT2D eigenvalue weighted by molar-refractivity contribution is 0.0683. The van der Waals surface area contributed by atoms with E-state index < -0.39 is 23.5 Å². The monoisotopic (exact) mass is 246 g/mol. The van der Waals surface area contributed by atoms with Crippen molar-refractivity contribution in [3.05, 3.63) is 28.6 Å². The number of aromatic nitrogens is 1. The number of alkyl halides is 3. The summed E-state index contributed by atoms with van der Waals surface area (Å²) in [6, 6.07) is 1.60. The Hall–Kier alpha value is -1.74. The van der Waals surface area contributed by atoms with Gasteiger partial charge in [-0.25, -0.2) is 18.6 Å². The van der Waals surface area contributed by atoms with E-state index in [1.54, 1.807) is 6.07 Å². The lowest BCUT2D eigenvalue weighted by atomic mass is 10.0. The Balaban J connectivity index is 3.58. The summed E-state index contributed by atoms with van der Waals surface area (Å²) in [5.74, 6) is -1.91. The van der Waals surface area contributed by atoms with Crippen molar-refractivity contribution < 1.29 is 18.7 Å². The minimum atomic E-state index is -2.98. The number of nitrogens with zero attached hydrogens (tertiary/aromatic N) is 2. The average Bonchev–Trinajstić information content (AvgIpc) is 2.26. The fourth-order valence-electron chi connectivity index (χ4n) is 1.21. The third-order valence-corrected chi connectivity index (χ3v) is 2.16. The molecule has 0 spiro atoms. The molecular weight excluding hydrogens is 242 g/mol. The molecule has 1 heterocycles. The number of halogens is 3. The molecule has 0 saturated heterocycles. The Labute approximate surface area is 94.1 Å². The zero-order chi connectivity index (χ0) is 12.3. The van der Waals surface area contributed by atoms with Crippen LogP contribution in [0.15, 0.2) is 6.20 Å². The Bertz CT molecular complexity index is 471. The first-order chi connectivity index (χ1) is 7.52. The molecule has 0 aliphatic heterocycles. The number of carboxylic acid groups (broad SMARTS) is 1. The van der Waals surface area contributed by atoms with Gasteiger partial charge in [-0.3, -0.25) is 0 Å². The molecule has 84 valence electrons. The topological polar surface area (TPSA) is 74.0 Å². The summed E-state index contributed by atoms with van der Waals surface area (Å²) in [6.07, 6.45) is -2.30. The fraction of sp³-hybridized carbons (Fsp3) is 0.222. The van der Waals surface area contributed by atoms with Gasteiger partial charge in [0, 0.05) is 11.8 Å². The number of aromatic carboxylic acids is 1. The number of hydrogen-bond acceptors (Lipinski definition) is 3. The van der Waals surface area contributed by atoms with Gasteiger partial charge < -0.3 is 5.11 Å². The van der Waals surface area contributed by atoms with Crippen LogP contribution in [0.3, 0.4) is 0 Å². The Morgan fingerprint density at radius 3 is 2.69 bits per heavy atom. The number of pyridine rings is 1. The van der Waals surface area contributed by atoms with Crippen LogP contribution < -0.4 is 0 Å². The summed E-state index contributed by atoms with van der Waals surface area (Å²) in [7, 11) is 0. The van der Waals surface area contributed by atoms with Crippen LogP contribution in [0.25, 0.3) is 0 Å². The minimum Gasteiger partial charge on any atom is -0.478 e. The van der Waals surface area contributed by atoms with Gasteiger partial charge in [0.2, 0.25) is 0 Å². The van der Waals surface area contributed by atoms with Gasteiger partial charge in [0.05, 0.1) is 17.0 Å². The van der Waals surface area contributed by atoms with E-state index >= 15 is 0 Å². The van der Waals surface area contributed by atoms with Crippen molar-refractivity contribution >= 4 is 17.6 Å². The highest BCUT2D eigenvalue weighted by atomic mass is 35.5. The number of carbonyl (C=O) groups is 1. The maximum absolute atomic E-state index is 12.5. The van der Waals surface area contributed by atoms with Crippen LogP contribution in [0.5, 0.6) is 0 Å².